The highest BCUT2D eigenvalue weighted by Crippen LogP contribution is 2.23. The monoisotopic (exact) mass is 447 g/mol. The Hall–Kier alpha value is -0.510. The summed E-state index contributed by atoms with van der Waals surface area (Å²) in [6, 6.07) is 0. The summed E-state index contributed by atoms with van der Waals surface area (Å²) in [5, 5.41) is 0. The Labute approximate surface area is 187 Å². The van der Waals surface area contributed by atoms with E-state index in [4.69, 9.17) is 9.26 Å². The van der Waals surface area contributed by atoms with Gasteiger partial charge < -0.3 is 4.74 Å². The zero-order chi connectivity index (χ0) is 22.8. The first kappa shape index (κ1) is 29.5. The van der Waals surface area contributed by atoms with Gasteiger partial charge in [-0.25, -0.2) is 0 Å². The molecule has 0 bridgehead atoms. The molecule has 0 saturated carbocycles. The standard InChI is InChI=1S/C24H48O5P/c1-20(2)11-7-12-21(3)13-8-14-22(4)15-9-16-23(5)19-24(25)28-17-10-18-29-30(26)27-6/h20-23H,7-19H2,1-6H3/q+1. The molecule has 4 unspecified atom stereocenters. The van der Waals surface area contributed by atoms with Gasteiger partial charge in [-0.15, -0.1) is 9.05 Å². The maximum absolute atomic E-state index is 11.9. The minimum Gasteiger partial charge on any atom is -0.466 e. The molecule has 0 aliphatic rings. The van der Waals surface area contributed by atoms with Crippen molar-refractivity contribution in [2.45, 2.75) is 105 Å². The molecule has 0 aliphatic heterocycles. The minimum absolute atomic E-state index is 0.155. The highest BCUT2D eigenvalue weighted by molar-refractivity contribution is 7.33. The lowest BCUT2D eigenvalue weighted by Gasteiger charge is -2.16. The predicted molar refractivity (Wildman–Crippen MR) is 125 cm³/mol. The van der Waals surface area contributed by atoms with Crippen LogP contribution in [0.4, 0.5) is 0 Å². The van der Waals surface area contributed by atoms with E-state index in [2.05, 4.69) is 39.1 Å². The van der Waals surface area contributed by atoms with Crippen molar-refractivity contribution in [2.75, 3.05) is 20.3 Å². The minimum atomic E-state index is -2.04. The van der Waals surface area contributed by atoms with Crippen LogP contribution in [0.5, 0.6) is 0 Å². The summed E-state index contributed by atoms with van der Waals surface area (Å²) in [7, 11) is -0.709. The SMILES string of the molecule is CO[P+](=O)OCCCOC(=O)CC(C)CCCC(C)CCCC(C)CCCC(C)C. The second-order valence-electron chi connectivity index (χ2n) is 9.52. The van der Waals surface area contributed by atoms with Crippen LogP contribution in [0.15, 0.2) is 0 Å². The normalized spacial score (nSPS) is 15.1. The summed E-state index contributed by atoms with van der Waals surface area (Å²) in [6.07, 6.45) is 12.6. The van der Waals surface area contributed by atoms with Gasteiger partial charge in [0.15, 0.2) is 0 Å². The molecule has 0 aromatic rings. The van der Waals surface area contributed by atoms with Crippen LogP contribution in [0.1, 0.15) is 105 Å². The fraction of sp³-hybridized carbons (Fsp3) is 0.958. The molecule has 0 aromatic carbocycles. The van der Waals surface area contributed by atoms with E-state index >= 15 is 0 Å². The molecule has 4 atom stereocenters. The maximum Gasteiger partial charge on any atom is 0.697 e. The van der Waals surface area contributed by atoms with E-state index in [1.165, 1.54) is 58.5 Å². The Kier molecular flexibility index (Phi) is 18.9. The topological polar surface area (TPSA) is 61.8 Å². The fourth-order valence-electron chi connectivity index (χ4n) is 3.68. The predicted octanol–water partition coefficient (Wildman–Crippen LogP) is 7.71. The van der Waals surface area contributed by atoms with Crippen molar-refractivity contribution >= 4 is 14.2 Å². The zero-order valence-electron chi connectivity index (χ0n) is 20.5. The van der Waals surface area contributed by atoms with Crippen molar-refractivity contribution in [1.29, 1.82) is 0 Å². The fourth-order valence-corrected chi connectivity index (χ4v) is 4.06. The van der Waals surface area contributed by atoms with Crippen LogP contribution in [0, 0.1) is 23.7 Å². The molecular weight excluding hydrogens is 399 g/mol. The molecule has 0 spiro atoms. The van der Waals surface area contributed by atoms with Gasteiger partial charge in [0.1, 0.15) is 6.61 Å². The van der Waals surface area contributed by atoms with Gasteiger partial charge in [0.05, 0.1) is 13.7 Å². The van der Waals surface area contributed by atoms with E-state index in [9.17, 15) is 9.36 Å². The average molecular weight is 448 g/mol. The van der Waals surface area contributed by atoms with Gasteiger partial charge >= 0.3 is 14.2 Å². The molecule has 0 amide bonds. The Bertz CT molecular complexity index is 441. The van der Waals surface area contributed by atoms with Crippen molar-refractivity contribution in [3.05, 3.63) is 0 Å². The number of ether oxygens (including phenoxy) is 1. The summed E-state index contributed by atoms with van der Waals surface area (Å²) in [5.74, 6) is 2.65. The molecule has 0 N–H and O–H groups in total. The summed E-state index contributed by atoms with van der Waals surface area (Å²) in [5.41, 5.74) is 0. The number of hydrogen-bond donors (Lipinski definition) is 0. The van der Waals surface area contributed by atoms with E-state index < -0.39 is 8.25 Å². The lowest BCUT2D eigenvalue weighted by atomic mass is 9.91. The molecule has 0 rings (SSSR count). The van der Waals surface area contributed by atoms with E-state index in [1.54, 1.807) is 0 Å². The van der Waals surface area contributed by atoms with Gasteiger partial charge in [0, 0.05) is 17.4 Å². The largest absolute Gasteiger partial charge is 0.697 e. The van der Waals surface area contributed by atoms with E-state index in [0.29, 0.717) is 25.4 Å². The first-order valence-corrected chi connectivity index (χ1v) is 13.1. The second kappa shape index (κ2) is 19.2. The number of carbonyl (C=O) groups excluding carboxylic acids is 1. The molecule has 178 valence electrons. The molecule has 0 heterocycles. The highest BCUT2D eigenvalue weighted by Gasteiger charge is 2.16. The van der Waals surface area contributed by atoms with Crippen LogP contribution >= 0.6 is 8.25 Å². The quantitative estimate of drug-likeness (QED) is 0.109. The summed E-state index contributed by atoms with van der Waals surface area (Å²) in [6.45, 7) is 12.1. The second-order valence-corrected chi connectivity index (χ2v) is 10.6. The first-order valence-electron chi connectivity index (χ1n) is 12.0. The van der Waals surface area contributed by atoms with Crippen molar-refractivity contribution in [3.63, 3.8) is 0 Å². The van der Waals surface area contributed by atoms with Crippen molar-refractivity contribution < 1.29 is 23.1 Å². The van der Waals surface area contributed by atoms with Gasteiger partial charge in [-0.05, 0) is 23.7 Å². The van der Waals surface area contributed by atoms with Gasteiger partial charge in [-0.1, -0.05) is 92.4 Å². The Morgan fingerprint density at radius 1 is 0.733 bits per heavy atom. The summed E-state index contributed by atoms with van der Waals surface area (Å²) in [4.78, 5) is 11.9. The Balaban J connectivity index is 3.64. The highest BCUT2D eigenvalue weighted by atomic mass is 31.1. The molecule has 0 radical (unpaired) electrons. The molecule has 0 fully saturated rings. The molecule has 0 saturated heterocycles. The Morgan fingerprint density at radius 3 is 1.73 bits per heavy atom. The van der Waals surface area contributed by atoms with Crippen molar-refractivity contribution in [2.24, 2.45) is 23.7 Å². The lowest BCUT2D eigenvalue weighted by Crippen LogP contribution is -2.11. The van der Waals surface area contributed by atoms with Gasteiger partial charge in [0.25, 0.3) is 0 Å². The number of esters is 1. The Morgan fingerprint density at radius 2 is 1.23 bits per heavy atom. The number of carbonyl (C=O) groups is 1. The van der Waals surface area contributed by atoms with E-state index in [-0.39, 0.29) is 12.6 Å². The average Bonchev–Trinajstić information content (AvgIpc) is 2.67. The molecular formula is C24H48O5P+. The molecule has 0 aromatic heterocycles. The van der Waals surface area contributed by atoms with Crippen molar-refractivity contribution in [3.8, 4) is 0 Å². The smallest absolute Gasteiger partial charge is 0.466 e. The van der Waals surface area contributed by atoms with E-state index in [0.717, 1.165) is 24.2 Å². The van der Waals surface area contributed by atoms with Crippen LogP contribution in [-0.4, -0.2) is 26.3 Å². The van der Waals surface area contributed by atoms with Gasteiger partial charge in [-0.2, -0.15) is 0 Å². The van der Waals surface area contributed by atoms with Crippen LogP contribution < -0.4 is 0 Å². The molecule has 6 heteroatoms. The lowest BCUT2D eigenvalue weighted by molar-refractivity contribution is -0.144. The van der Waals surface area contributed by atoms with Gasteiger partial charge in [-0.3, -0.25) is 4.79 Å². The zero-order valence-corrected chi connectivity index (χ0v) is 21.4. The number of hydrogen-bond acceptors (Lipinski definition) is 5. The summed E-state index contributed by atoms with van der Waals surface area (Å²) >= 11 is 0. The van der Waals surface area contributed by atoms with Crippen molar-refractivity contribution in [1.82, 2.24) is 0 Å². The van der Waals surface area contributed by atoms with Crippen LogP contribution in [-0.2, 0) is 23.1 Å². The number of rotatable bonds is 20. The maximum atomic E-state index is 11.9. The van der Waals surface area contributed by atoms with Gasteiger partial charge in [0.2, 0.25) is 0 Å². The first-order chi connectivity index (χ1) is 14.2. The summed E-state index contributed by atoms with van der Waals surface area (Å²) < 4.78 is 25.6. The molecule has 0 aliphatic carbocycles. The van der Waals surface area contributed by atoms with Crippen LogP contribution in [0.25, 0.3) is 0 Å². The third-order valence-electron chi connectivity index (χ3n) is 5.68. The third kappa shape index (κ3) is 19.5. The molecule has 5 nitrogen and oxygen atoms in total. The third-order valence-corrected chi connectivity index (χ3v) is 6.37. The van der Waals surface area contributed by atoms with Crippen LogP contribution in [0.2, 0.25) is 0 Å². The van der Waals surface area contributed by atoms with E-state index in [1.807, 2.05) is 0 Å². The molecule has 30 heavy (non-hydrogen) atoms. The van der Waals surface area contributed by atoms with Crippen LogP contribution in [0.3, 0.4) is 0 Å².